The molecule has 1 unspecified atom stereocenters. The topological polar surface area (TPSA) is 21.3 Å². The van der Waals surface area contributed by atoms with E-state index in [0.717, 1.165) is 25.3 Å². The second kappa shape index (κ2) is 4.54. The third kappa shape index (κ3) is 2.52. The summed E-state index contributed by atoms with van der Waals surface area (Å²) in [6.07, 6.45) is 1.44. The average Bonchev–Trinajstić information content (AvgIpc) is 2.66. The number of hydrogen-bond acceptors (Lipinski definition) is 2. The summed E-state index contributed by atoms with van der Waals surface area (Å²) in [5.74, 6) is 0.988. The molecule has 1 aromatic carbocycles. The van der Waals surface area contributed by atoms with Crippen LogP contribution in [0.5, 0.6) is 5.75 Å². The number of rotatable bonds is 2. The van der Waals surface area contributed by atoms with Crippen LogP contribution < -0.4 is 10.1 Å². The summed E-state index contributed by atoms with van der Waals surface area (Å²) >= 11 is 3.56. The van der Waals surface area contributed by atoms with Gasteiger partial charge >= 0.3 is 0 Å². The minimum atomic E-state index is 0.338. The predicted octanol–water partition coefficient (Wildman–Crippen LogP) is 2.81. The number of benzene rings is 1. The zero-order chi connectivity index (χ0) is 10.8. The SMILES string of the molecule is Cc1cc(OC2CCNC2)cc(C)c1Br. The van der Waals surface area contributed by atoms with Gasteiger partial charge in [-0.2, -0.15) is 0 Å². The van der Waals surface area contributed by atoms with Crippen molar-refractivity contribution in [3.05, 3.63) is 27.7 Å². The standard InChI is InChI=1S/C12H16BrNO/c1-8-5-11(6-9(2)12(8)13)15-10-3-4-14-7-10/h5-6,10,14H,3-4,7H2,1-2H3. The lowest BCUT2D eigenvalue weighted by molar-refractivity contribution is 0.223. The molecule has 2 nitrogen and oxygen atoms in total. The van der Waals surface area contributed by atoms with E-state index >= 15 is 0 Å². The molecule has 2 rings (SSSR count). The molecular formula is C12H16BrNO. The highest BCUT2D eigenvalue weighted by Gasteiger charge is 2.16. The maximum Gasteiger partial charge on any atom is 0.120 e. The average molecular weight is 270 g/mol. The lowest BCUT2D eigenvalue weighted by Crippen LogP contribution is -2.19. The van der Waals surface area contributed by atoms with Crippen molar-refractivity contribution in [2.75, 3.05) is 13.1 Å². The van der Waals surface area contributed by atoms with Crippen LogP contribution in [-0.2, 0) is 0 Å². The molecule has 1 heterocycles. The summed E-state index contributed by atoms with van der Waals surface area (Å²) in [6.45, 7) is 6.22. The molecule has 0 radical (unpaired) electrons. The molecule has 1 fully saturated rings. The first-order valence-corrected chi connectivity index (χ1v) is 6.10. The molecule has 0 aliphatic carbocycles. The quantitative estimate of drug-likeness (QED) is 0.892. The molecular weight excluding hydrogens is 254 g/mol. The smallest absolute Gasteiger partial charge is 0.120 e. The number of aryl methyl sites for hydroxylation is 2. The fourth-order valence-electron chi connectivity index (χ4n) is 1.90. The van der Waals surface area contributed by atoms with E-state index in [1.165, 1.54) is 15.6 Å². The zero-order valence-electron chi connectivity index (χ0n) is 9.14. The van der Waals surface area contributed by atoms with Crippen molar-refractivity contribution in [3.63, 3.8) is 0 Å². The highest BCUT2D eigenvalue weighted by molar-refractivity contribution is 9.10. The van der Waals surface area contributed by atoms with Crippen LogP contribution in [0.25, 0.3) is 0 Å². The number of ether oxygens (including phenoxy) is 1. The maximum atomic E-state index is 5.91. The Morgan fingerprint density at radius 3 is 2.53 bits per heavy atom. The summed E-state index contributed by atoms with van der Waals surface area (Å²) < 4.78 is 7.09. The van der Waals surface area contributed by atoms with Gasteiger partial charge in [-0.05, 0) is 50.1 Å². The van der Waals surface area contributed by atoms with E-state index < -0.39 is 0 Å². The fourth-order valence-corrected chi connectivity index (χ4v) is 2.12. The van der Waals surface area contributed by atoms with Gasteiger partial charge in [-0.3, -0.25) is 0 Å². The minimum absolute atomic E-state index is 0.338. The predicted molar refractivity (Wildman–Crippen MR) is 65.5 cm³/mol. The van der Waals surface area contributed by atoms with Crippen LogP contribution in [0.2, 0.25) is 0 Å². The van der Waals surface area contributed by atoms with Crippen molar-refractivity contribution in [1.82, 2.24) is 5.32 Å². The third-order valence-corrected chi connectivity index (χ3v) is 3.98. The van der Waals surface area contributed by atoms with Crippen LogP contribution in [0.4, 0.5) is 0 Å². The van der Waals surface area contributed by atoms with Crippen LogP contribution in [0.3, 0.4) is 0 Å². The van der Waals surface area contributed by atoms with E-state index in [1.807, 2.05) is 0 Å². The zero-order valence-corrected chi connectivity index (χ0v) is 10.7. The summed E-state index contributed by atoms with van der Waals surface area (Å²) in [5, 5.41) is 3.30. The van der Waals surface area contributed by atoms with Crippen molar-refractivity contribution in [2.24, 2.45) is 0 Å². The van der Waals surface area contributed by atoms with Crippen LogP contribution in [-0.4, -0.2) is 19.2 Å². The van der Waals surface area contributed by atoms with E-state index in [1.54, 1.807) is 0 Å². The molecule has 0 aromatic heterocycles. The number of halogens is 1. The van der Waals surface area contributed by atoms with Crippen molar-refractivity contribution < 1.29 is 4.74 Å². The summed E-state index contributed by atoms with van der Waals surface area (Å²) in [4.78, 5) is 0. The molecule has 15 heavy (non-hydrogen) atoms. The molecule has 0 saturated carbocycles. The van der Waals surface area contributed by atoms with Gasteiger partial charge in [0.2, 0.25) is 0 Å². The van der Waals surface area contributed by atoms with Gasteiger partial charge in [0.25, 0.3) is 0 Å². The van der Waals surface area contributed by atoms with E-state index in [9.17, 15) is 0 Å². The lowest BCUT2D eigenvalue weighted by atomic mass is 10.1. The van der Waals surface area contributed by atoms with Gasteiger partial charge in [0.1, 0.15) is 11.9 Å². The van der Waals surface area contributed by atoms with Crippen molar-refractivity contribution >= 4 is 15.9 Å². The fraction of sp³-hybridized carbons (Fsp3) is 0.500. The number of hydrogen-bond donors (Lipinski definition) is 1. The van der Waals surface area contributed by atoms with E-state index in [4.69, 9.17) is 4.74 Å². The Morgan fingerprint density at radius 2 is 2.00 bits per heavy atom. The first-order chi connectivity index (χ1) is 7.16. The van der Waals surface area contributed by atoms with Gasteiger partial charge < -0.3 is 10.1 Å². The molecule has 1 saturated heterocycles. The van der Waals surface area contributed by atoms with E-state index in [2.05, 4.69) is 47.2 Å². The summed E-state index contributed by atoms with van der Waals surface area (Å²) in [5.41, 5.74) is 2.46. The maximum absolute atomic E-state index is 5.91. The molecule has 82 valence electrons. The van der Waals surface area contributed by atoms with E-state index in [-0.39, 0.29) is 0 Å². The molecule has 1 atom stereocenters. The Hall–Kier alpha value is -0.540. The molecule has 0 spiro atoms. The molecule has 1 aliphatic rings. The Balaban J connectivity index is 2.14. The molecule has 0 amide bonds. The van der Waals surface area contributed by atoms with Crippen molar-refractivity contribution in [2.45, 2.75) is 26.4 Å². The molecule has 1 N–H and O–H groups in total. The Morgan fingerprint density at radius 1 is 1.33 bits per heavy atom. The van der Waals surface area contributed by atoms with E-state index in [0.29, 0.717) is 6.10 Å². The Bertz CT molecular complexity index is 336. The largest absolute Gasteiger partial charge is 0.489 e. The van der Waals surface area contributed by atoms with Crippen LogP contribution in [0.1, 0.15) is 17.5 Å². The van der Waals surface area contributed by atoms with Gasteiger partial charge in [-0.1, -0.05) is 15.9 Å². The number of nitrogens with one attached hydrogen (secondary N) is 1. The highest BCUT2D eigenvalue weighted by atomic mass is 79.9. The second-order valence-electron chi connectivity index (χ2n) is 4.10. The Labute approximate surface area is 99.1 Å². The van der Waals surface area contributed by atoms with Gasteiger partial charge in [0.15, 0.2) is 0 Å². The second-order valence-corrected chi connectivity index (χ2v) is 4.90. The normalized spacial score (nSPS) is 20.6. The van der Waals surface area contributed by atoms with Gasteiger partial charge in [-0.15, -0.1) is 0 Å². The summed E-state index contributed by atoms with van der Waals surface area (Å²) in [6, 6.07) is 4.19. The van der Waals surface area contributed by atoms with Crippen molar-refractivity contribution in [3.8, 4) is 5.75 Å². The molecule has 1 aromatic rings. The monoisotopic (exact) mass is 269 g/mol. The first-order valence-electron chi connectivity index (χ1n) is 5.31. The molecule has 1 aliphatic heterocycles. The lowest BCUT2D eigenvalue weighted by Gasteiger charge is -2.14. The third-order valence-electron chi connectivity index (χ3n) is 2.73. The highest BCUT2D eigenvalue weighted by Crippen LogP contribution is 2.27. The molecule has 0 bridgehead atoms. The summed E-state index contributed by atoms with van der Waals surface area (Å²) in [7, 11) is 0. The van der Waals surface area contributed by atoms with Crippen LogP contribution in [0.15, 0.2) is 16.6 Å². The minimum Gasteiger partial charge on any atom is -0.489 e. The first kappa shape index (κ1) is 11.0. The van der Waals surface area contributed by atoms with Crippen LogP contribution >= 0.6 is 15.9 Å². The Kier molecular flexibility index (Phi) is 3.32. The van der Waals surface area contributed by atoms with Gasteiger partial charge in [-0.25, -0.2) is 0 Å². The molecule has 3 heteroatoms. The van der Waals surface area contributed by atoms with Gasteiger partial charge in [0, 0.05) is 11.0 Å². The van der Waals surface area contributed by atoms with Crippen molar-refractivity contribution in [1.29, 1.82) is 0 Å². The van der Waals surface area contributed by atoms with Crippen LogP contribution in [0, 0.1) is 13.8 Å². The van der Waals surface area contributed by atoms with Gasteiger partial charge in [0.05, 0.1) is 0 Å².